The predicted molar refractivity (Wildman–Crippen MR) is 95.1 cm³/mol. The van der Waals surface area contributed by atoms with Crippen LogP contribution in [-0.4, -0.2) is 46.9 Å². The Morgan fingerprint density at radius 2 is 2.12 bits per heavy atom. The number of pyridine rings is 1. The number of fused-ring (bicyclic) bond motifs is 4. The van der Waals surface area contributed by atoms with Crippen LogP contribution in [0, 0.1) is 17.8 Å². The summed E-state index contributed by atoms with van der Waals surface area (Å²) in [7, 11) is 0. The second-order valence-corrected chi connectivity index (χ2v) is 6.95. The van der Waals surface area contributed by atoms with E-state index >= 15 is 0 Å². The summed E-state index contributed by atoms with van der Waals surface area (Å²) in [6.45, 7) is 4.40. The van der Waals surface area contributed by atoms with Gasteiger partial charge in [0, 0.05) is 41.7 Å². The highest BCUT2D eigenvalue weighted by molar-refractivity contribution is 5.96. The summed E-state index contributed by atoms with van der Waals surface area (Å²) < 4.78 is 5.56. The maximum absolute atomic E-state index is 12.7. The molecule has 7 nitrogen and oxygen atoms in total. The number of furan rings is 1. The molecule has 5 heterocycles. The number of primary amides is 1. The van der Waals surface area contributed by atoms with E-state index in [9.17, 15) is 9.59 Å². The molecule has 0 saturated carbocycles. The first-order valence-corrected chi connectivity index (χ1v) is 8.77. The maximum Gasteiger partial charge on any atom is 0.293 e. The van der Waals surface area contributed by atoms with Crippen molar-refractivity contribution in [2.45, 2.75) is 31.8 Å². The van der Waals surface area contributed by atoms with Gasteiger partial charge in [0.15, 0.2) is 5.76 Å². The summed E-state index contributed by atoms with van der Waals surface area (Å²) >= 11 is 0. The average molecular weight is 352 g/mol. The van der Waals surface area contributed by atoms with Crippen LogP contribution in [0.2, 0.25) is 0 Å². The average Bonchev–Trinajstić information content (AvgIpc) is 3.05. The van der Waals surface area contributed by atoms with Gasteiger partial charge < -0.3 is 15.5 Å². The normalized spacial score (nSPS) is 27.0. The van der Waals surface area contributed by atoms with Crippen molar-refractivity contribution in [2.75, 3.05) is 13.1 Å². The lowest BCUT2D eigenvalue weighted by Crippen LogP contribution is -2.62. The number of nitrogens with two attached hydrogens (primary N) is 1. The number of nitrogens with zero attached hydrogens (tertiary/aromatic N) is 2. The van der Waals surface area contributed by atoms with Crippen LogP contribution in [0.1, 0.15) is 36.0 Å². The molecule has 26 heavy (non-hydrogen) atoms. The molecule has 0 aromatic carbocycles. The molecule has 3 aliphatic heterocycles. The Balaban J connectivity index is 1.54. The Bertz CT molecular complexity index is 929. The van der Waals surface area contributed by atoms with Crippen molar-refractivity contribution in [1.82, 2.24) is 15.2 Å². The molecule has 7 heteroatoms. The zero-order valence-corrected chi connectivity index (χ0v) is 14.5. The van der Waals surface area contributed by atoms with Crippen LogP contribution in [0.15, 0.2) is 22.7 Å². The smallest absolute Gasteiger partial charge is 0.293 e. The molecular weight excluding hydrogens is 332 g/mol. The minimum Gasteiger partial charge on any atom is -0.448 e. The zero-order chi connectivity index (χ0) is 18.3. The number of nitrogens with one attached hydrogen (secondary N) is 1. The highest BCUT2D eigenvalue weighted by Gasteiger charge is 2.40. The van der Waals surface area contributed by atoms with Gasteiger partial charge in [0.05, 0.1) is 0 Å². The summed E-state index contributed by atoms with van der Waals surface area (Å²) in [4.78, 5) is 30.1. The summed E-state index contributed by atoms with van der Waals surface area (Å²) in [6.07, 6.45) is 3.83. The molecule has 3 N–H and O–H groups in total. The lowest BCUT2D eigenvalue weighted by atomic mass is 9.79. The number of hydrogen-bond donors (Lipinski definition) is 2. The maximum atomic E-state index is 12.7. The molecule has 3 fully saturated rings. The molecule has 2 atom stereocenters. The van der Waals surface area contributed by atoms with Gasteiger partial charge >= 0.3 is 0 Å². The third-order valence-electron chi connectivity index (χ3n) is 5.42. The van der Waals surface area contributed by atoms with Crippen molar-refractivity contribution >= 4 is 22.8 Å². The van der Waals surface area contributed by atoms with Crippen molar-refractivity contribution in [3.8, 4) is 11.8 Å². The fourth-order valence-electron chi connectivity index (χ4n) is 4.01. The molecule has 0 spiro atoms. The van der Waals surface area contributed by atoms with E-state index in [0.29, 0.717) is 34.4 Å². The zero-order valence-electron chi connectivity index (χ0n) is 14.5. The molecule has 2 unspecified atom stereocenters. The minimum atomic E-state index is -0.727. The van der Waals surface area contributed by atoms with E-state index in [2.05, 4.69) is 34.0 Å². The first-order chi connectivity index (χ1) is 12.5. The number of carbonyl (C=O) groups is 2. The minimum absolute atomic E-state index is 0.149. The standard InChI is InChI=1S/C19H20N4O3/c1-11-18(12-4-6-23(11)7-5-12)22-19(25)15-9-16-13(10-21-15)8-14(26-16)2-3-17(20)24/h8-12,18H,4-7H2,1H3,(H2,20,24)(H,22,25). The lowest BCUT2D eigenvalue weighted by Gasteiger charge is -2.49. The number of rotatable bonds is 2. The van der Waals surface area contributed by atoms with Gasteiger partial charge in [-0.2, -0.15) is 0 Å². The van der Waals surface area contributed by atoms with Gasteiger partial charge in [-0.05, 0) is 44.7 Å². The fraction of sp³-hybridized carbons (Fsp3) is 0.421. The Hall–Kier alpha value is -2.85. The second kappa shape index (κ2) is 6.46. The van der Waals surface area contributed by atoms with Crippen LogP contribution in [0.4, 0.5) is 0 Å². The topological polar surface area (TPSA) is 101 Å². The van der Waals surface area contributed by atoms with Crippen molar-refractivity contribution < 1.29 is 14.0 Å². The molecule has 0 aliphatic carbocycles. The molecular formula is C19H20N4O3. The van der Waals surface area contributed by atoms with Crippen LogP contribution >= 0.6 is 0 Å². The van der Waals surface area contributed by atoms with Gasteiger partial charge in [0.2, 0.25) is 0 Å². The van der Waals surface area contributed by atoms with E-state index in [1.807, 2.05) is 0 Å². The predicted octanol–water partition coefficient (Wildman–Crippen LogP) is 0.877. The summed E-state index contributed by atoms with van der Waals surface area (Å²) in [5.41, 5.74) is 5.81. The third-order valence-corrected chi connectivity index (χ3v) is 5.42. The van der Waals surface area contributed by atoms with Crippen molar-refractivity contribution in [2.24, 2.45) is 11.7 Å². The third kappa shape index (κ3) is 3.04. The van der Waals surface area contributed by atoms with Crippen LogP contribution in [0.3, 0.4) is 0 Å². The van der Waals surface area contributed by atoms with E-state index in [4.69, 9.17) is 10.2 Å². The monoisotopic (exact) mass is 352 g/mol. The van der Waals surface area contributed by atoms with Crippen LogP contribution < -0.4 is 11.1 Å². The quantitative estimate of drug-likeness (QED) is 0.781. The Morgan fingerprint density at radius 1 is 1.35 bits per heavy atom. The molecule has 2 aromatic rings. The van der Waals surface area contributed by atoms with Crippen LogP contribution in [-0.2, 0) is 4.79 Å². The molecule has 2 aromatic heterocycles. The van der Waals surface area contributed by atoms with E-state index in [1.54, 1.807) is 18.3 Å². The van der Waals surface area contributed by atoms with Crippen LogP contribution in [0.25, 0.3) is 11.0 Å². The summed E-state index contributed by atoms with van der Waals surface area (Å²) in [5.74, 6) is 4.69. The van der Waals surface area contributed by atoms with E-state index in [0.717, 1.165) is 25.9 Å². The van der Waals surface area contributed by atoms with Crippen LogP contribution in [0.5, 0.6) is 0 Å². The van der Waals surface area contributed by atoms with E-state index in [-0.39, 0.29) is 11.9 Å². The summed E-state index contributed by atoms with van der Waals surface area (Å²) in [5, 5.41) is 3.87. The molecule has 0 radical (unpaired) electrons. The lowest BCUT2D eigenvalue weighted by molar-refractivity contribution is -0.112. The molecule has 2 bridgehead atoms. The Labute approximate surface area is 150 Å². The highest BCUT2D eigenvalue weighted by atomic mass is 16.3. The number of hydrogen-bond acceptors (Lipinski definition) is 5. The first-order valence-electron chi connectivity index (χ1n) is 8.77. The van der Waals surface area contributed by atoms with Gasteiger partial charge in [0.1, 0.15) is 11.3 Å². The SMILES string of the molecule is CC1C(NC(=O)c2cc3oc(C#CC(N)=O)cc3cn2)C2CCN1CC2. The van der Waals surface area contributed by atoms with Gasteiger partial charge in [-0.25, -0.2) is 0 Å². The van der Waals surface area contributed by atoms with Gasteiger partial charge in [-0.15, -0.1) is 0 Å². The number of carbonyl (C=O) groups excluding carboxylic acids is 2. The number of piperidine rings is 3. The highest BCUT2D eigenvalue weighted by Crippen LogP contribution is 2.32. The van der Waals surface area contributed by atoms with Gasteiger partial charge in [-0.1, -0.05) is 0 Å². The fourth-order valence-corrected chi connectivity index (χ4v) is 4.01. The van der Waals surface area contributed by atoms with Crippen molar-refractivity contribution in [3.63, 3.8) is 0 Å². The van der Waals surface area contributed by atoms with E-state index in [1.165, 1.54) is 0 Å². The molecule has 2 amide bonds. The Morgan fingerprint density at radius 3 is 2.81 bits per heavy atom. The molecule has 134 valence electrons. The summed E-state index contributed by atoms with van der Waals surface area (Å²) in [6, 6.07) is 3.76. The number of amides is 2. The van der Waals surface area contributed by atoms with E-state index < -0.39 is 5.91 Å². The second-order valence-electron chi connectivity index (χ2n) is 6.95. The number of aromatic nitrogens is 1. The molecule has 3 aliphatic rings. The van der Waals surface area contributed by atoms with Crippen molar-refractivity contribution in [3.05, 3.63) is 29.8 Å². The Kier molecular flexibility index (Phi) is 4.13. The van der Waals surface area contributed by atoms with Crippen molar-refractivity contribution in [1.29, 1.82) is 0 Å². The molecule has 5 rings (SSSR count). The van der Waals surface area contributed by atoms with Gasteiger partial charge in [0.25, 0.3) is 11.8 Å². The molecule has 3 saturated heterocycles. The van der Waals surface area contributed by atoms with Gasteiger partial charge in [-0.3, -0.25) is 19.5 Å². The largest absolute Gasteiger partial charge is 0.448 e. The first kappa shape index (κ1) is 16.6.